The van der Waals surface area contributed by atoms with Crippen LogP contribution in [0.5, 0.6) is 0 Å². The SMILES string of the molecule is CCCCC1(C)CCCC[Si]1(C)CCCC. The molecule has 1 saturated heterocycles. The first-order valence-electron chi connectivity index (χ1n) is 7.58. The van der Waals surface area contributed by atoms with E-state index in [9.17, 15) is 0 Å². The van der Waals surface area contributed by atoms with E-state index >= 15 is 0 Å². The van der Waals surface area contributed by atoms with E-state index in [-0.39, 0.29) is 0 Å². The van der Waals surface area contributed by atoms with Crippen LogP contribution in [0, 0.1) is 0 Å². The molecule has 0 aromatic rings. The van der Waals surface area contributed by atoms with Gasteiger partial charge in [-0.2, -0.15) is 0 Å². The Hall–Kier alpha value is 0.217. The van der Waals surface area contributed by atoms with Crippen LogP contribution < -0.4 is 0 Å². The standard InChI is InChI=1S/C15H32Si/c1-5-7-11-15(3)12-9-10-14-16(15,4)13-8-6-2/h5-14H2,1-4H3. The second-order valence-corrected chi connectivity index (χ2v) is 11.9. The van der Waals surface area contributed by atoms with Gasteiger partial charge < -0.3 is 0 Å². The van der Waals surface area contributed by atoms with Crippen molar-refractivity contribution in [3.8, 4) is 0 Å². The molecule has 1 aliphatic heterocycles. The van der Waals surface area contributed by atoms with Crippen molar-refractivity contribution < 1.29 is 0 Å². The van der Waals surface area contributed by atoms with Gasteiger partial charge in [-0.15, -0.1) is 0 Å². The van der Waals surface area contributed by atoms with E-state index in [1.807, 2.05) is 0 Å². The average molecular weight is 241 g/mol. The van der Waals surface area contributed by atoms with Crippen LogP contribution in [-0.2, 0) is 0 Å². The third-order valence-electron chi connectivity index (χ3n) is 5.33. The molecular formula is C15H32Si. The van der Waals surface area contributed by atoms with Crippen LogP contribution in [0.15, 0.2) is 0 Å². The lowest BCUT2D eigenvalue weighted by molar-refractivity contribution is 0.425. The van der Waals surface area contributed by atoms with Gasteiger partial charge in [0.25, 0.3) is 0 Å². The molecule has 0 spiro atoms. The molecule has 0 amide bonds. The van der Waals surface area contributed by atoms with E-state index in [2.05, 4.69) is 27.3 Å². The Balaban J connectivity index is 2.67. The molecule has 1 heterocycles. The first-order chi connectivity index (χ1) is 7.58. The van der Waals surface area contributed by atoms with Crippen LogP contribution in [0.1, 0.15) is 72.1 Å². The summed E-state index contributed by atoms with van der Waals surface area (Å²) in [6, 6.07) is 3.22. The third-order valence-corrected chi connectivity index (χ3v) is 11.7. The minimum absolute atomic E-state index is 0.774. The topological polar surface area (TPSA) is 0 Å². The van der Waals surface area contributed by atoms with E-state index in [0.717, 1.165) is 5.04 Å². The largest absolute Gasteiger partial charge is 0.0688 e. The van der Waals surface area contributed by atoms with Crippen LogP contribution in [0.3, 0.4) is 0 Å². The summed E-state index contributed by atoms with van der Waals surface area (Å²) < 4.78 is 0. The molecule has 0 aliphatic carbocycles. The van der Waals surface area contributed by atoms with Gasteiger partial charge in [0.2, 0.25) is 0 Å². The van der Waals surface area contributed by atoms with Crippen LogP contribution in [0.2, 0.25) is 23.7 Å². The quantitative estimate of drug-likeness (QED) is 0.500. The third kappa shape index (κ3) is 3.12. The van der Waals surface area contributed by atoms with Crippen molar-refractivity contribution in [2.45, 2.75) is 95.8 Å². The van der Waals surface area contributed by atoms with Crippen LogP contribution >= 0.6 is 0 Å². The molecule has 0 bridgehead atoms. The maximum atomic E-state index is 2.72. The van der Waals surface area contributed by atoms with Crippen molar-refractivity contribution in [1.82, 2.24) is 0 Å². The second kappa shape index (κ2) is 6.23. The normalized spacial score (nSPS) is 35.2. The maximum absolute atomic E-state index is 2.72. The fraction of sp³-hybridized carbons (Fsp3) is 1.00. The van der Waals surface area contributed by atoms with E-state index in [4.69, 9.17) is 0 Å². The predicted octanol–water partition coefficient (Wildman–Crippen LogP) is 6.00. The summed E-state index contributed by atoms with van der Waals surface area (Å²) in [5.74, 6) is 0. The highest BCUT2D eigenvalue weighted by Crippen LogP contribution is 2.54. The summed E-state index contributed by atoms with van der Waals surface area (Å²) in [6.45, 7) is 10.1. The zero-order chi connectivity index (χ0) is 12.1. The Morgan fingerprint density at radius 3 is 2.38 bits per heavy atom. The monoisotopic (exact) mass is 240 g/mol. The summed E-state index contributed by atoms with van der Waals surface area (Å²) in [7, 11) is -0.948. The summed E-state index contributed by atoms with van der Waals surface area (Å²) in [5.41, 5.74) is 0. The summed E-state index contributed by atoms with van der Waals surface area (Å²) >= 11 is 0. The lowest BCUT2D eigenvalue weighted by Crippen LogP contribution is -2.46. The molecule has 0 aromatic heterocycles. The van der Waals surface area contributed by atoms with Crippen molar-refractivity contribution >= 4 is 8.07 Å². The predicted molar refractivity (Wildman–Crippen MR) is 77.9 cm³/mol. The molecule has 1 heteroatoms. The van der Waals surface area contributed by atoms with Gasteiger partial charge in [-0.3, -0.25) is 0 Å². The van der Waals surface area contributed by atoms with Gasteiger partial charge in [-0.1, -0.05) is 90.8 Å². The Bertz CT molecular complexity index is 180. The molecule has 0 aromatic carbocycles. The van der Waals surface area contributed by atoms with Crippen LogP contribution in [0.25, 0.3) is 0 Å². The first-order valence-corrected chi connectivity index (χ1v) is 10.5. The molecular weight excluding hydrogens is 208 g/mol. The molecule has 1 fully saturated rings. The molecule has 2 atom stereocenters. The molecule has 16 heavy (non-hydrogen) atoms. The van der Waals surface area contributed by atoms with Crippen molar-refractivity contribution in [2.24, 2.45) is 0 Å². The summed E-state index contributed by atoms with van der Waals surface area (Å²) in [5, 5.41) is 0.774. The van der Waals surface area contributed by atoms with Crippen LogP contribution in [-0.4, -0.2) is 8.07 Å². The van der Waals surface area contributed by atoms with Crippen molar-refractivity contribution in [2.75, 3.05) is 0 Å². The smallest absolute Gasteiger partial charge is 0.0564 e. The Labute approximate surface area is 104 Å². The number of hydrogen-bond donors (Lipinski definition) is 0. The Morgan fingerprint density at radius 2 is 1.75 bits per heavy atom. The number of unbranched alkanes of at least 4 members (excludes halogenated alkanes) is 2. The van der Waals surface area contributed by atoms with Crippen LogP contribution in [0.4, 0.5) is 0 Å². The lowest BCUT2D eigenvalue weighted by Gasteiger charge is -2.49. The minimum Gasteiger partial charge on any atom is -0.0688 e. The van der Waals surface area contributed by atoms with Crippen molar-refractivity contribution in [3.63, 3.8) is 0 Å². The fourth-order valence-electron chi connectivity index (χ4n) is 3.62. The summed E-state index contributed by atoms with van der Waals surface area (Å²) in [4.78, 5) is 0. The molecule has 1 aliphatic rings. The van der Waals surface area contributed by atoms with E-state index in [1.165, 1.54) is 44.9 Å². The molecule has 0 saturated carbocycles. The molecule has 1 rings (SSSR count). The first kappa shape index (κ1) is 14.3. The minimum atomic E-state index is -0.948. The molecule has 2 unspecified atom stereocenters. The highest BCUT2D eigenvalue weighted by molar-refractivity contribution is 6.81. The Morgan fingerprint density at radius 1 is 1.06 bits per heavy atom. The zero-order valence-electron chi connectivity index (χ0n) is 12.1. The van der Waals surface area contributed by atoms with Gasteiger partial charge in [0.05, 0.1) is 8.07 Å². The maximum Gasteiger partial charge on any atom is 0.0564 e. The van der Waals surface area contributed by atoms with E-state index in [1.54, 1.807) is 18.5 Å². The number of hydrogen-bond acceptors (Lipinski definition) is 0. The number of rotatable bonds is 6. The van der Waals surface area contributed by atoms with E-state index in [0.29, 0.717) is 0 Å². The fourth-order valence-corrected chi connectivity index (χ4v) is 8.80. The highest BCUT2D eigenvalue weighted by atomic mass is 28.3. The zero-order valence-corrected chi connectivity index (χ0v) is 13.1. The van der Waals surface area contributed by atoms with Gasteiger partial charge in [0.15, 0.2) is 0 Å². The van der Waals surface area contributed by atoms with Crippen molar-refractivity contribution in [1.29, 1.82) is 0 Å². The molecule has 0 radical (unpaired) electrons. The molecule has 0 N–H and O–H groups in total. The lowest BCUT2D eigenvalue weighted by atomic mass is 9.96. The molecule has 96 valence electrons. The van der Waals surface area contributed by atoms with Crippen molar-refractivity contribution in [3.05, 3.63) is 0 Å². The molecule has 0 nitrogen and oxygen atoms in total. The van der Waals surface area contributed by atoms with Gasteiger partial charge in [0, 0.05) is 0 Å². The highest BCUT2D eigenvalue weighted by Gasteiger charge is 2.46. The summed E-state index contributed by atoms with van der Waals surface area (Å²) in [6.07, 6.45) is 11.8. The van der Waals surface area contributed by atoms with Gasteiger partial charge in [-0.05, 0) is 5.04 Å². The second-order valence-electron chi connectivity index (χ2n) is 6.54. The van der Waals surface area contributed by atoms with Gasteiger partial charge in [0.1, 0.15) is 0 Å². The Kier molecular flexibility index (Phi) is 5.56. The van der Waals surface area contributed by atoms with Gasteiger partial charge in [-0.25, -0.2) is 0 Å². The average Bonchev–Trinajstić information content (AvgIpc) is 2.28. The van der Waals surface area contributed by atoms with Gasteiger partial charge >= 0.3 is 0 Å². The van der Waals surface area contributed by atoms with E-state index < -0.39 is 8.07 Å².